The minimum atomic E-state index is -0.771. The monoisotopic (exact) mass is 394 g/mol. The third-order valence-electron chi connectivity index (χ3n) is 4.42. The SMILES string of the molecule is CCCOc1ccc(/C=C2\C(=O)NC(=O)N(c3ccccc3C)C2=O)cc1OC. The van der Waals surface area contributed by atoms with Crippen LogP contribution in [0.2, 0.25) is 0 Å². The lowest BCUT2D eigenvalue weighted by atomic mass is 10.1. The van der Waals surface area contributed by atoms with Crippen LogP contribution in [0.1, 0.15) is 24.5 Å². The molecule has 1 aliphatic heterocycles. The van der Waals surface area contributed by atoms with Crippen LogP contribution in [0.25, 0.3) is 6.08 Å². The number of carbonyl (C=O) groups excluding carboxylic acids is 3. The predicted octanol–water partition coefficient (Wildman–Crippen LogP) is 3.46. The number of nitrogens with zero attached hydrogens (tertiary/aromatic N) is 1. The van der Waals surface area contributed by atoms with Crippen LogP contribution in [0.15, 0.2) is 48.0 Å². The summed E-state index contributed by atoms with van der Waals surface area (Å²) in [7, 11) is 1.52. The normalized spacial score (nSPS) is 15.5. The summed E-state index contributed by atoms with van der Waals surface area (Å²) in [6.45, 7) is 4.33. The molecule has 0 radical (unpaired) electrons. The lowest BCUT2D eigenvalue weighted by Gasteiger charge is -2.27. The fourth-order valence-electron chi connectivity index (χ4n) is 2.96. The molecule has 7 nitrogen and oxygen atoms in total. The van der Waals surface area contributed by atoms with E-state index in [1.807, 2.05) is 13.0 Å². The first-order valence-corrected chi connectivity index (χ1v) is 9.24. The Balaban J connectivity index is 1.97. The summed E-state index contributed by atoms with van der Waals surface area (Å²) in [5.41, 5.74) is 1.60. The summed E-state index contributed by atoms with van der Waals surface area (Å²) >= 11 is 0. The Morgan fingerprint density at radius 3 is 2.52 bits per heavy atom. The van der Waals surface area contributed by atoms with Crippen LogP contribution in [0.4, 0.5) is 10.5 Å². The maximum absolute atomic E-state index is 13.0. The molecule has 2 aromatic rings. The van der Waals surface area contributed by atoms with Gasteiger partial charge in [0.1, 0.15) is 5.57 Å². The van der Waals surface area contributed by atoms with E-state index in [1.54, 1.807) is 43.3 Å². The average molecular weight is 394 g/mol. The number of barbiturate groups is 1. The number of methoxy groups -OCH3 is 1. The van der Waals surface area contributed by atoms with E-state index < -0.39 is 17.8 Å². The maximum atomic E-state index is 13.0. The highest BCUT2D eigenvalue weighted by atomic mass is 16.5. The number of imide groups is 2. The largest absolute Gasteiger partial charge is 0.493 e. The molecule has 0 unspecified atom stereocenters. The van der Waals surface area contributed by atoms with Gasteiger partial charge in [-0.3, -0.25) is 14.9 Å². The van der Waals surface area contributed by atoms with Crippen molar-refractivity contribution in [3.63, 3.8) is 0 Å². The van der Waals surface area contributed by atoms with Gasteiger partial charge in [-0.25, -0.2) is 9.69 Å². The molecule has 4 amide bonds. The van der Waals surface area contributed by atoms with Crippen molar-refractivity contribution in [2.75, 3.05) is 18.6 Å². The van der Waals surface area contributed by atoms with Crippen molar-refractivity contribution in [3.8, 4) is 11.5 Å². The van der Waals surface area contributed by atoms with Crippen molar-refractivity contribution in [1.29, 1.82) is 0 Å². The molecule has 1 heterocycles. The highest BCUT2D eigenvalue weighted by Gasteiger charge is 2.37. The van der Waals surface area contributed by atoms with Crippen molar-refractivity contribution >= 4 is 29.6 Å². The van der Waals surface area contributed by atoms with Crippen molar-refractivity contribution in [2.45, 2.75) is 20.3 Å². The van der Waals surface area contributed by atoms with E-state index in [9.17, 15) is 14.4 Å². The van der Waals surface area contributed by atoms with Gasteiger partial charge in [0.25, 0.3) is 11.8 Å². The Labute approximate surface area is 168 Å². The number of nitrogens with one attached hydrogen (secondary N) is 1. The Hall–Kier alpha value is -3.61. The summed E-state index contributed by atoms with van der Waals surface area (Å²) in [6.07, 6.45) is 2.29. The standard InChI is InChI=1S/C22H22N2O5/c1-4-11-29-18-10-9-15(13-19(18)28-3)12-16-20(25)23-22(27)24(21(16)26)17-8-6-5-7-14(17)2/h5-10,12-13H,4,11H2,1-3H3,(H,23,25,27)/b16-12+. The smallest absolute Gasteiger partial charge is 0.335 e. The quantitative estimate of drug-likeness (QED) is 0.599. The van der Waals surface area contributed by atoms with Crippen molar-refractivity contribution in [1.82, 2.24) is 5.32 Å². The fourth-order valence-corrected chi connectivity index (χ4v) is 2.96. The van der Waals surface area contributed by atoms with Gasteiger partial charge in [-0.1, -0.05) is 31.2 Å². The zero-order valence-electron chi connectivity index (χ0n) is 16.5. The summed E-state index contributed by atoms with van der Waals surface area (Å²) in [4.78, 5) is 38.6. The molecule has 1 saturated heterocycles. The fraction of sp³-hybridized carbons (Fsp3) is 0.227. The topological polar surface area (TPSA) is 84.9 Å². The van der Waals surface area contributed by atoms with Crippen LogP contribution in [0.5, 0.6) is 11.5 Å². The number of hydrogen-bond donors (Lipinski definition) is 1. The van der Waals surface area contributed by atoms with E-state index in [0.717, 1.165) is 16.9 Å². The van der Waals surface area contributed by atoms with Gasteiger partial charge in [-0.05, 0) is 48.7 Å². The number of hydrogen-bond acceptors (Lipinski definition) is 5. The molecule has 2 aromatic carbocycles. The van der Waals surface area contributed by atoms with Crippen LogP contribution in [0, 0.1) is 6.92 Å². The van der Waals surface area contributed by atoms with E-state index in [2.05, 4.69) is 5.32 Å². The summed E-state index contributed by atoms with van der Waals surface area (Å²) in [6, 6.07) is 11.3. The minimum absolute atomic E-state index is 0.142. The zero-order valence-corrected chi connectivity index (χ0v) is 16.5. The van der Waals surface area contributed by atoms with Crippen molar-refractivity contribution in [3.05, 3.63) is 59.2 Å². The third kappa shape index (κ3) is 4.13. The van der Waals surface area contributed by atoms with E-state index in [4.69, 9.17) is 9.47 Å². The molecule has 0 aromatic heterocycles. The number of anilines is 1. The molecular weight excluding hydrogens is 372 g/mol. The number of carbonyl (C=O) groups is 3. The van der Waals surface area contributed by atoms with E-state index in [-0.39, 0.29) is 5.57 Å². The Morgan fingerprint density at radius 2 is 1.83 bits per heavy atom. The predicted molar refractivity (Wildman–Crippen MR) is 109 cm³/mol. The van der Waals surface area contributed by atoms with Gasteiger partial charge in [0.2, 0.25) is 0 Å². The van der Waals surface area contributed by atoms with Crippen LogP contribution in [-0.2, 0) is 9.59 Å². The maximum Gasteiger partial charge on any atom is 0.335 e. The molecule has 0 atom stereocenters. The van der Waals surface area contributed by atoms with Gasteiger partial charge >= 0.3 is 6.03 Å². The van der Waals surface area contributed by atoms with E-state index >= 15 is 0 Å². The molecule has 150 valence electrons. The number of amides is 4. The molecule has 0 saturated carbocycles. The Kier molecular flexibility index (Phi) is 5.97. The van der Waals surface area contributed by atoms with Crippen LogP contribution in [0.3, 0.4) is 0 Å². The minimum Gasteiger partial charge on any atom is -0.493 e. The third-order valence-corrected chi connectivity index (χ3v) is 4.42. The molecule has 0 aliphatic carbocycles. The lowest BCUT2D eigenvalue weighted by molar-refractivity contribution is -0.122. The molecule has 3 rings (SSSR count). The second-order valence-electron chi connectivity index (χ2n) is 6.50. The Morgan fingerprint density at radius 1 is 1.07 bits per heavy atom. The van der Waals surface area contributed by atoms with E-state index in [0.29, 0.717) is 29.4 Å². The average Bonchev–Trinajstić information content (AvgIpc) is 2.71. The van der Waals surface area contributed by atoms with Gasteiger partial charge in [0.15, 0.2) is 11.5 Å². The van der Waals surface area contributed by atoms with Crippen molar-refractivity contribution in [2.24, 2.45) is 0 Å². The molecule has 29 heavy (non-hydrogen) atoms. The molecule has 1 N–H and O–H groups in total. The van der Waals surface area contributed by atoms with Crippen LogP contribution in [-0.4, -0.2) is 31.6 Å². The first-order chi connectivity index (χ1) is 14.0. The van der Waals surface area contributed by atoms with Gasteiger partial charge in [0.05, 0.1) is 19.4 Å². The van der Waals surface area contributed by atoms with Gasteiger partial charge in [0, 0.05) is 0 Å². The first-order valence-electron chi connectivity index (χ1n) is 9.24. The van der Waals surface area contributed by atoms with Gasteiger partial charge in [-0.2, -0.15) is 0 Å². The van der Waals surface area contributed by atoms with Gasteiger partial charge in [-0.15, -0.1) is 0 Å². The Bertz CT molecular complexity index is 996. The second kappa shape index (κ2) is 8.60. The van der Waals surface area contributed by atoms with Crippen LogP contribution < -0.4 is 19.7 Å². The molecule has 7 heteroatoms. The molecule has 0 bridgehead atoms. The van der Waals surface area contributed by atoms with Crippen molar-refractivity contribution < 1.29 is 23.9 Å². The molecule has 1 fully saturated rings. The highest BCUT2D eigenvalue weighted by molar-refractivity contribution is 6.39. The molecule has 1 aliphatic rings. The van der Waals surface area contributed by atoms with E-state index in [1.165, 1.54) is 13.2 Å². The number of para-hydroxylation sites is 1. The molecule has 0 spiro atoms. The number of rotatable bonds is 6. The lowest BCUT2D eigenvalue weighted by Crippen LogP contribution is -2.54. The number of benzene rings is 2. The molecular formula is C22H22N2O5. The highest BCUT2D eigenvalue weighted by Crippen LogP contribution is 2.30. The summed E-state index contributed by atoms with van der Waals surface area (Å²) in [5.74, 6) is -0.357. The number of urea groups is 1. The first kappa shape index (κ1) is 20.1. The summed E-state index contributed by atoms with van der Waals surface area (Å²) < 4.78 is 11.0. The number of aryl methyl sites for hydroxylation is 1. The second-order valence-corrected chi connectivity index (χ2v) is 6.50. The van der Waals surface area contributed by atoms with Crippen LogP contribution >= 0.6 is 0 Å². The zero-order chi connectivity index (χ0) is 21.0. The number of ether oxygens (including phenoxy) is 2. The summed E-state index contributed by atoms with van der Waals surface area (Å²) in [5, 5.41) is 2.23. The van der Waals surface area contributed by atoms with Gasteiger partial charge < -0.3 is 9.47 Å².